The van der Waals surface area contributed by atoms with E-state index in [2.05, 4.69) is 21.2 Å². The van der Waals surface area contributed by atoms with Crippen molar-refractivity contribution in [1.29, 1.82) is 0 Å². The normalized spacial score (nSPS) is 11.2. The Labute approximate surface area is 121 Å². The standard InChI is InChI=1S/C8H7NS.C4H3F3N2S/c1-6-9-7-4-2-3-5-8(7)10-6;1-2-8-9-3(10-2)4(5,6)7/h2-5H,1H3;1H3. The largest absolute Gasteiger partial charge is 0.445 e. The number of hydrogen-bond acceptors (Lipinski definition) is 5. The lowest BCUT2D eigenvalue weighted by Crippen LogP contribution is -2.03. The van der Waals surface area contributed by atoms with Gasteiger partial charge in [0.1, 0.15) is 5.01 Å². The molecular weight excluding hydrogens is 307 g/mol. The van der Waals surface area contributed by atoms with Gasteiger partial charge in [0.05, 0.1) is 15.2 Å². The third-order valence-corrected chi connectivity index (χ3v) is 4.00. The zero-order chi connectivity index (χ0) is 14.8. The second-order valence-electron chi connectivity index (χ2n) is 3.82. The Bertz CT molecular complexity index is 670. The first-order chi connectivity index (χ1) is 9.36. The smallest absolute Gasteiger partial charge is 0.242 e. The Morgan fingerprint density at radius 2 is 1.65 bits per heavy atom. The third kappa shape index (κ3) is 3.73. The quantitative estimate of drug-likeness (QED) is 0.614. The summed E-state index contributed by atoms with van der Waals surface area (Å²) in [5, 5.41) is 6.74. The molecule has 0 radical (unpaired) electrons. The van der Waals surface area contributed by atoms with E-state index >= 15 is 0 Å². The van der Waals surface area contributed by atoms with E-state index in [-0.39, 0.29) is 0 Å². The van der Waals surface area contributed by atoms with Crippen LogP contribution in [0.1, 0.15) is 15.0 Å². The van der Waals surface area contributed by atoms with E-state index in [0.717, 1.165) is 10.5 Å². The Morgan fingerprint density at radius 3 is 2.15 bits per heavy atom. The minimum absolute atomic E-state index is 0.326. The van der Waals surface area contributed by atoms with Crippen LogP contribution in [0.25, 0.3) is 10.2 Å². The lowest BCUT2D eigenvalue weighted by Gasteiger charge is -1.96. The third-order valence-electron chi connectivity index (χ3n) is 2.17. The zero-order valence-electron chi connectivity index (χ0n) is 10.6. The van der Waals surface area contributed by atoms with E-state index in [0.29, 0.717) is 16.3 Å². The second-order valence-corrected chi connectivity index (χ2v) is 6.24. The van der Waals surface area contributed by atoms with Gasteiger partial charge < -0.3 is 0 Å². The minimum Gasteiger partial charge on any atom is -0.242 e. The lowest BCUT2D eigenvalue weighted by molar-refractivity contribution is -0.138. The Hall–Kier alpha value is -1.54. The number of thiazole rings is 1. The van der Waals surface area contributed by atoms with Gasteiger partial charge in [-0.05, 0) is 26.0 Å². The minimum atomic E-state index is -4.34. The van der Waals surface area contributed by atoms with Gasteiger partial charge in [0.2, 0.25) is 5.01 Å². The highest BCUT2D eigenvalue weighted by atomic mass is 32.1. The summed E-state index contributed by atoms with van der Waals surface area (Å²) < 4.78 is 36.4. The van der Waals surface area contributed by atoms with Gasteiger partial charge in [-0.1, -0.05) is 23.5 Å². The van der Waals surface area contributed by atoms with Gasteiger partial charge in [0.25, 0.3) is 0 Å². The number of halogens is 3. The van der Waals surface area contributed by atoms with E-state index in [1.807, 2.05) is 25.1 Å². The molecule has 106 valence electrons. The van der Waals surface area contributed by atoms with Crippen LogP contribution in [0.15, 0.2) is 24.3 Å². The van der Waals surface area contributed by atoms with Gasteiger partial charge in [-0.2, -0.15) is 13.2 Å². The topological polar surface area (TPSA) is 38.7 Å². The van der Waals surface area contributed by atoms with Crippen molar-refractivity contribution in [1.82, 2.24) is 15.2 Å². The van der Waals surface area contributed by atoms with Crippen molar-refractivity contribution >= 4 is 32.9 Å². The van der Waals surface area contributed by atoms with Crippen LogP contribution in [0, 0.1) is 13.8 Å². The highest BCUT2D eigenvalue weighted by Crippen LogP contribution is 2.30. The fraction of sp³-hybridized carbons (Fsp3) is 0.250. The highest BCUT2D eigenvalue weighted by molar-refractivity contribution is 7.18. The summed E-state index contributed by atoms with van der Waals surface area (Å²) in [4.78, 5) is 4.33. The van der Waals surface area contributed by atoms with Crippen LogP contribution in [-0.2, 0) is 6.18 Å². The molecule has 8 heteroatoms. The number of alkyl halides is 3. The maximum absolute atomic E-state index is 11.7. The van der Waals surface area contributed by atoms with Crippen molar-refractivity contribution < 1.29 is 13.2 Å². The lowest BCUT2D eigenvalue weighted by atomic mass is 10.3. The monoisotopic (exact) mass is 317 g/mol. The summed E-state index contributed by atoms with van der Waals surface area (Å²) in [5.74, 6) is 0. The van der Waals surface area contributed by atoms with Crippen LogP contribution in [0.2, 0.25) is 0 Å². The molecule has 0 aliphatic heterocycles. The molecule has 20 heavy (non-hydrogen) atoms. The molecule has 0 N–H and O–H groups in total. The van der Waals surface area contributed by atoms with Crippen molar-refractivity contribution in [3.8, 4) is 0 Å². The van der Waals surface area contributed by atoms with Crippen LogP contribution < -0.4 is 0 Å². The average Bonchev–Trinajstić information content (AvgIpc) is 2.93. The van der Waals surface area contributed by atoms with E-state index in [1.54, 1.807) is 11.3 Å². The van der Waals surface area contributed by atoms with Gasteiger partial charge in [0.15, 0.2) is 0 Å². The summed E-state index contributed by atoms with van der Waals surface area (Å²) >= 11 is 2.29. The predicted molar refractivity (Wildman–Crippen MR) is 74.0 cm³/mol. The number of benzene rings is 1. The van der Waals surface area contributed by atoms with E-state index in [4.69, 9.17) is 0 Å². The van der Waals surface area contributed by atoms with Crippen LogP contribution in [0.4, 0.5) is 13.2 Å². The van der Waals surface area contributed by atoms with Crippen LogP contribution >= 0.6 is 22.7 Å². The number of rotatable bonds is 0. The first-order valence-electron chi connectivity index (χ1n) is 5.56. The van der Waals surface area contributed by atoms with Gasteiger partial charge in [-0.25, -0.2) is 4.98 Å². The Kier molecular flexibility index (Phi) is 4.34. The molecule has 0 bridgehead atoms. The summed E-state index contributed by atoms with van der Waals surface area (Å²) in [5.41, 5.74) is 1.12. The maximum atomic E-state index is 11.7. The summed E-state index contributed by atoms with van der Waals surface area (Å²) in [7, 11) is 0. The molecular formula is C12H10F3N3S2. The van der Waals surface area contributed by atoms with Crippen molar-refractivity contribution in [3.63, 3.8) is 0 Å². The van der Waals surface area contributed by atoms with Crippen molar-refractivity contribution in [2.45, 2.75) is 20.0 Å². The first-order valence-corrected chi connectivity index (χ1v) is 7.19. The van der Waals surface area contributed by atoms with Gasteiger partial charge in [-0.3, -0.25) is 0 Å². The molecule has 2 heterocycles. The molecule has 3 nitrogen and oxygen atoms in total. The number of fused-ring (bicyclic) bond motifs is 1. The van der Waals surface area contributed by atoms with Gasteiger partial charge in [0, 0.05) is 0 Å². The SMILES string of the molecule is Cc1nc2ccccc2s1.Cc1nnc(C(F)(F)F)s1. The van der Waals surface area contributed by atoms with E-state index in [1.165, 1.54) is 11.6 Å². The molecule has 3 rings (SSSR count). The number of para-hydroxylation sites is 1. The molecule has 0 aliphatic rings. The fourth-order valence-electron chi connectivity index (χ4n) is 1.40. The summed E-state index contributed by atoms with van der Waals surface area (Å²) in [6, 6.07) is 8.19. The van der Waals surface area contributed by atoms with Crippen LogP contribution in [-0.4, -0.2) is 15.2 Å². The maximum Gasteiger partial charge on any atom is 0.445 e. The number of nitrogens with zero attached hydrogens (tertiary/aromatic N) is 3. The molecule has 2 aromatic heterocycles. The number of aryl methyl sites for hydroxylation is 2. The van der Waals surface area contributed by atoms with Crippen molar-refractivity contribution in [2.24, 2.45) is 0 Å². The number of hydrogen-bond donors (Lipinski definition) is 0. The molecule has 3 aromatic rings. The molecule has 0 atom stereocenters. The highest BCUT2D eigenvalue weighted by Gasteiger charge is 2.35. The number of aromatic nitrogens is 3. The van der Waals surface area contributed by atoms with E-state index in [9.17, 15) is 13.2 Å². The molecule has 0 unspecified atom stereocenters. The van der Waals surface area contributed by atoms with Gasteiger partial charge in [-0.15, -0.1) is 21.5 Å². The first kappa shape index (κ1) is 14.9. The molecule has 0 saturated heterocycles. The fourth-order valence-corrected chi connectivity index (χ4v) is 2.78. The molecule has 0 aliphatic carbocycles. The molecule has 1 aromatic carbocycles. The molecule has 0 saturated carbocycles. The Morgan fingerprint density at radius 1 is 0.950 bits per heavy atom. The Balaban J connectivity index is 0.000000147. The van der Waals surface area contributed by atoms with Crippen molar-refractivity contribution in [2.75, 3.05) is 0 Å². The second kappa shape index (κ2) is 5.84. The van der Waals surface area contributed by atoms with Crippen LogP contribution in [0.3, 0.4) is 0 Å². The average molecular weight is 317 g/mol. The molecule has 0 amide bonds. The van der Waals surface area contributed by atoms with Crippen molar-refractivity contribution in [3.05, 3.63) is 39.3 Å². The van der Waals surface area contributed by atoms with Crippen LogP contribution in [0.5, 0.6) is 0 Å². The zero-order valence-corrected chi connectivity index (χ0v) is 12.2. The van der Waals surface area contributed by atoms with Gasteiger partial charge >= 0.3 is 6.18 Å². The molecule has 0 spiro atoms. The predicted octanol–water partition coefficient (Wildman–Crippen LogP) is 4.47. The van der Waals surface area contributed by atoms with E-state index < -0.39 is 11.2 Å². The molecule has 0 fully saturated rings. The summed E-state index contributed by atoms with van der Waals surface area (Å²) in [6.07, 6.45) is -4.34. The summed E-state index contributed by atoms with van der Waals surface area (Å²) in [6.45, 7) is 3.51.